The van der Waals surface area contributed by atoms with Gasteiger partial charge in [-0.15, -0.1) is 0 Å². The fourth-order valence-electron chi connectivity index (χ4n) is 2.62. The number of rotatable bonds is 7. The minimum Gasteiger partial charge on any atom is -0.360 e. The molecule has 0 bridgehead atoms. The first kappa shape index (κ1) is 20.4. The average molecular weight is 369 g/mol. The molecule has 2 N–H and O–H groups in total. The number of nitrogens with one attached hydrogen (secondary N) is 2. The predicted octanol–water partition coefficient (Wildman–Crippen LogP) is 3.90. The topological polar surface area (TPSA) is 84.2 Å². The lowest BCUT2D eigenvalue weighted by Gasteiger charge is -2.14. The molecule has 6 nitrogen and oxygen atoms in total. The Morgan fingerprint density at radius 2 is 1.81 bits per heavy atom. The van der Waals surface area contributed by atoms with Crippen LogP contribution in [0.15, 0.2) is 40.9 Å². The Labute approximate surface area is 160 Å². The molecule has 0 aliphatic carbocycles. The molecule has 0 radical (unpaired) electrons. The van der Waals surface area contributed by atoms with Crippen LogP contribution in [0.4, 0.5) is 5.82 Å². The predicted molar refractivity (Wildman–Crippen MR) is 106 cm³/mol. The number of anilines is 1. The van der Waals surface area contributed by atoms with Gasteiger partial charge in [0.2, 0.25) is 11.8 Å². The van der Waals surface area contributed by atoms with Crippen molar-refractivity contribution in [2.75, 3.05) is 11.9 Å². The van der Waals surface area contributed by atoms with Crippen LogP contribution in [-0.2, 0) is 9.59 Å². The summed E-state index contributed by atoms with van der Waals surface area (Å²) in [5.74, 6) is 0.890. The number of aromatic nitrogens is 1. The Balaban J connectivity index is 1.99. The van der Waals surface area contributed by atoms with Crippen LogP contribution in [0, 0.1) is 12.8 Å². The molecule has 2 rings (SSSR count). The molecule has 0 spiro atoms. The first-order chi connectivity index (χ1) is 12.8. The lowest BCUT2D eigenvalue weighted by molar-refractivity contribution is -0.121. The fourth-order valence-corrected chi connectivity index (χ4v) is 2.62. The van der Waals surface area contributed by atoms with Gasteiger partial charge in [0, 0.05) is 12.1 Å². The molecule has 0 atom stereocenters. The Hall–Kier alpha value is -2.89. The maximum absolute atomic E-state index is 12.3. The van der Waals surface area contributed by atoms with Gasteiger partial charge in [-0.3, -0.25) is 9.59 Å². The first-order valence-electron chi connectivity index (χ1n) is 9.09. The minimum atomic E-state index is -0.363. The summed E-state index contributed by atoms with van der Waals surface area (Å²) in [5.41, 5.74) is 3.19. The highest BCUT2D eigenvalue weighted by molar-refractivity contribution is 5.99. The molecule has 0 unspecified atom stereocenters. The second-order valence-corrected chi connectivity index (χ2v) is 7.12. The van der Waals surface area contributed by atoms with E-state index < -0.39 is 0 Å². The summed E-state index contributed by atoms with van der Waals surface area (Å²) in [7, 11) is 0. The Morgan fingerprint density at radius 1 is 1.15 bits per heavy atom. The maximum Gasteiger partial charge on any atom is 0.245 e. The zero-order valence-corrected chi connectivity index (χ0v) is 16.5. The Bertz CT molecular complexity index is 817. The summed E-state index contributed by atoms with van der Waals surface area (Å²) in [6.07, 6.45) is 1.56. The van der Waals surface area contributed by atoms with Crippen molar-refractivity contribution >= 4 is 23.2 Å². The Kier molecular flexibility index (Phi) is 6.93. The number of hydrogen-bond donors (Lipinski definition) is 2. The van der Waals surface area contributed by atoms with Crippen molar-refractivity contribution in [3.8, 4) is 0 Å². The quantitative estimate of drug-likeness (QED) is 0.725. The van der Waals surface area contributed by atoms with Crippen LogP contribution in [0.25, 0.3) is 5.57 Å². The highest BCUT2D eigenvalue weighted by Gasteiger charge is 2.12. The molecule has 1 heterocycles. The number of aryl methyl sites for hydroxylation is 1. The third kappa shape index (κ3) is 6.09. The normalized spacial score (nSPS) is 11.7. The number of amides is 2. The molecule has 0 fully saturated rings. The van der Waals surface area contributed by atoms with Crippen molar-refractivity contribution in [2.45, 2.75) is 40.5 Å². The van der Waals surface area contributed by atoms with Crippen molar-refractivity contribution in [3.63, 3.8) is 0 Å². The van der Waals surface area contributed by atoms with E-state index >= 15 is 0 Å². The van der Waals surface area contributed by atoms with Crippen molar-refractivity contribution in [1.82, 2.24) is 10.5 Å². The highest BCUT2D eigenvalue weighted by Crippen LogP contribution is 2.25. The largest absolute Gasteiger partial charge is 0.360 e. The van der Waals surface area contributed by atoms with Gasteiger partial charge in [0.25, 0.3) is 0 Å². The molecule has 0 aliphatic heterocycles. The van der Waals surface area contributed by atoms with E-state index in [4.69, 9.17) is 4.52 Å². The van der Waals surface area contributed by atoms with Gasteiger partial charge >= 0.3 is 0 Å². The van der Waals surface area contributed by atoms with E-state index in [0.29, 0.717) is 17.5 Å². The summed E-state index contributed by atoms with van der Waals surface area (Å²) in [6, 6.07) is 9.85. The molecular weight excluding hydrogens is 342 g/mol. The fraction of sp³-hybridized carbons (Fsp3) is 0.381. The molecule has 1 aromatic carbocycles. The van der Waals surface area contributed by atoms with Crippen molar-refractivity contribution < 1.29 is 14.1 Å². The average Bonchev–Trinajstić information content (AvgIpc) is 3.02. The van der Waals surface area contributed by atoms with E-state index in [1.807, 2.05) is 26.0 Å². The highest BCUT2D eigenvalue weighted by atomic mass is 16.5. The molecule has 144 valence electrons. The SMILES string of the molecule is Cc1cc(NC(=O)CNC(=O)/C=C(/c2ccc(C(C)C)cc2)C(C)C)no1. The summed E-state index contributed by atoms with van der Waals surface area (Å²) >= 11 is 0. The molecule has 27 heavy (non-hydrogen) atoms. The first-order valence-corrected chi connectivity index (χ1v) is 9.09. The number of nitrogens with zero attached hydrogens (tertiary/aromatic N) is 1. The summed E-state index contributed by atoms with van der Waals surface area (Å²) in [6.45, 7) is 9.96. The van der Waals surface area contributed by atoms with E-state index in [2.05, 4.69) is 41.8 Å². The number of allylic oxidation sites excluding steroid dienone is 1. The van der Waals surface area contributed by atoms with Gasteiger partial charge in [0.15, 0.2) is 5.82 Å². The van der Waals surface area contributed by atoms with E-state index in [1.54, 1.807) is 19.1 Å². The van der Waals surface area contributed by atoms with Crippen LogP contribution in [0.3, 0.4) is 0 Å². The zero-order valence-electron chi connectivity index (χ0n) is 16.5. The summed E-state index contributed by atoms with van der Waals surface area (Å²) in [4.78, 5) is 24.2. The van der Waals surface area contributed by atoms with Crippen LogP contribution in [0.5, 0.6) is 0 Å². The number of hydrogen-bond acceptors (Lipinski definition) is 4. The number of carbonyl (C=O) groups is 2. The third-order valence-electron chi connectivity index (χ3n) is 4.14. The summed E-state index contributed by atoms with van der Waals surface area (Å²) in [5, 5.41) is 8.85. The molecule has 6 heteroatoms. The van der Waals surface area contributed by atoms with Gasteiger partial charge in [-0.25, -0.2) is 0 Å². The van der Waals surface area contributed by atoms with Gasteiger partial charge in [-0.05, 0) is 35.5 Å². The van der Waals surface area contributed by atoms with Crippen molar-refractivity contribution in [1.29, 1.82) is 0 Å². The third-order valence-corrected chi connectivity index (χ3v) is 4.14. The van der Waals surface area contributed by atoms with Gasteiger partial charge < -0.3 is 15.2 Å². The molecule has 0 saturated carbocycles. The molecule has 1 aromatic heterocycles. The van der Waals surface area contributed by atoms with Crippen molar-refractivity contribution in [3.05, 3.63) is 53.3 Å². The van der Waals surface area contributed by atoms with Gasteiger partial charge in [-0.1, -0.05) is 57.1 Å². The number of benzene rings is 1. The molecule has 2 amide bonds. The van der Waals surface area contributed by atoms with E-state index in [0.717, 1.165) is 11.1 Å². The smallest absolute Gasteiger partial charge is 0.245 e. The molecule has 0 saturated heterocycles. The van der Waals surface area contributed by atoms with Crippen molar-refractivity contribution in [2.24, 2.45) is 5.92 Å². The van der Waals surface area contributed by atoms with Crippen LogP contribution in [0.1, 0.15) is 50.5 Å². The van der Waals surface area contributed by atoms with E-state index in [9.17, 15) is 9.59 Å². The van der Waals surface area contributed by atoms with Gasteiger partial charge in [0.05, 0.1) is 6.54 Å². The van der Waals surface area contributed by atoms with Crippen LogP contribution >= 0.6 is 0 Å². The monoisotopic (exact) mass is 369 g/mol. The zero-order chi connectivity index (χ0) is 20.0. The van der Waals surface area contributed by atoms with E-state index in [-0.39, 0.29) is 24.3 Å². The van der Waals surface area contributed by atoms with Crippen LogP contribution in [0.2, 0.25) is 0 Å². The minimum absolute atomic E-state index is 0.140. The lowest BCUT2D eigenvalue weighted by atomic mass is 9.92. The molecule has 2 aromatic rings. The second kappa shape index (κ2) is 9.16. The molecule has 0 aliphatic rings. The van der Waals surface area contributed by atoms with Gasteiger partial charge in [0.1, 0.15) is 5.76 Å². The van der Waals surface area contributed by atoms with Gasteiger partial charge in [-0.2, -0.15) is 0 Å². The Morgan fingerprint density at radius 3 is 2.33 bits per heavy atom. The van der Waals surface area contributed by atoms with Crippen LogP contribution < -0.4 is 10.6 Å². The second-order valence-electron chi connectivity index (χ2n) is 7.12. The van der Waals surface area contributed by atoms with Crippen LogP contribution in [-0.4, -0.2) is 23.5 Å². The standard InChI is InChI=1S/C21H27N3O3/c1-13(2)16-6-8-17(9-7-16)18(14(3)4)11-20(25)22-12-21(26)23-19-10-15(5)27-24-19/h6-11,13-14H,12H2,1-5H3,(H,22,25)(H,23,24,26)/b18-11+. The molecular formula is C21H27N3O3. The lowest BCUT2D eigenvalue weighted by Crippen LogP contribution is -2.32. The number of carbonyl (C=O) groups excluding carboxylic acids is 2. The summed E-state index contributed by atoms with van der Waals surface area (Å²) < 4.78 is 4.88. The maximum atomic E-state index is 12.3. The van der Waals surface area contributed by atoms with E-state index in [1.165, 1.54) is 5.56 Å².